The van der Waals surface area contributed by atoms with Crippen LogP contribution in [0, 0.1) is 5.92 Å². The molecule has 3 atom stereocenters. The van der Waals surface area contributed by atoms with Gasteiger partial charge in [-0.05, 0) is 44.5 Å². The third-order valence-corrected chi connectivity index (χ3v) is 4.92. The second-order valence-corrected chi connectivity index (χ2v) is 7.07. The van der Waals surface area contributed by atoms with Gasteiger partial charge in [0, 0.05) is 12.7 Å². The van der Waals surface area contributed by atoms with Crippen LogP contribution in [0.15, 0.2) is 41.1 Å². The Labute approximate surface area is 152 Å². The maximum Gasteiger partial charge on any atom is 0.235 e. The van der Waals surface area contributed by atoms with Gasteiger partial charge in [-0.15, -0.1) is 0 Å². The fraction of sp³-hybridized carbons (Fsp3) is 0.421. The summed E-state index contributed by atoms with van der Waals surface area (Å²) < 4.78 is 5.53. The maximum absolute atomic E-state index is 12.5. The molecule has 0 spiro atoms. The van der Waals surface area contributed by atoms with Gasteiger partial charge in [0.05, 0.1) is 23.6 Å². The predicted octanol–water partition coefficient (Wildman–Crippen LogP) is 1.96. The van der Waals surface area contributed by atoms with Crippen LogP contribution in [0.1, 0.15) is 32.8 Å². The number of aliphatic imine (C=N–C) groups is 1. The largest absolute Gasteiger partial charge is 0.495 e. The first-order chi connectivity index (χ1) is 12.2. The Morgan fingerprint density at radius 3 is 2.81 bits per heavy atom. The smallest absolute Gasteiger partial charge is 0.235 e. The van der Waals surface area contributed by atoms with E-state index in [0.717, 1.165) is 11.3 Å². The van der Waals surface area contributed by atoms with E-state index in [-0.39, 0.29) is 36.2 Å². The summed E-state index contributed by atoms with van der Waals surface area (Å²) in [5, 5.41) is 2.92. The zero-order chi connectivity index (χ0) is 19.1. The average molecular weight is 356 g/mol. The third kappa shape index (κ3) is 3.29. The monoisotopic (exact) mass is 356 g/mol. The Balaban J connectivity index is 1.83. The highest BCUT2D eigenvalue weighted by molar-refractivity contribution is 5.99. The molecule has 7 nitrogen and oxygen atoms in total. The second kappa shape index (κ2) is 6.48. The van der Waals surface area contributed by atoms with E-state index in [1.54, 1.807) is 7.05 Å². The summed E-state index contributed by atoms with van der Waals surface area (Å²) >= 11 is 0. The number of hydrogen-bond donors (Lipinski definition) is 2. The molecule has 26 heavy (non-hydrogen) atoms. The molecule has 0 saturated heterocycles. The minimum absolute atomic E-state index is 0.0908. The Morgan fingerprint density at radius 1 is 1.46 bits per heavy atom. The second-order valence-electron chi connectivity index (χ2n) is 7.07. The molecule has 0 aliphatic carbocycles. The van der Waals surface area contributed by atoms with Gasteiger partial charge in [0.2, 0.25) is 11.8 Å². The van der Waals surface area contributed by atoms with Gasteiger partial charge in [-0.25, -0.2) is 4.99 Å². The number of allylic oxidation sites excluding steroid dienone is 1. The van der Waals surface area contributed by atoms with Crippen LogP contribution in [0.5, 0.6) is 0 Å². The summed E-state index contributed by atoms with van der Waals surface area (Å²) in [4.78, 5) is 30.6. The summed E-state index contributed by atoms with van der Waals surface area (Å²) in [5.41, 5.74) is 6.59. The molecule has 0 saturated carbocycles. The van der Waals surface area contributed by atoms with Crippen molar-refractivity contribution in [1.29, 1.82) is 0 Å². The maximum atomic E-state index is 12.5. The lowest BCUT2D eigenvalue weighted by Crippen LogP contribution is -2.47. The normalized spacial score (nSPS) is 28.3. The fourth-order valence-corrected chi connectivity index (χ4v) is 3.32. The summed E-state index contributed by atoms with van der Waals surface area (Å²) in [7, 11) is 1.61. The molecule has 0 fully saturated rings. The average Bonchev–Trinajstić information content (AvgIpc) is 2.91. The van der Waals surface area contributed by atoms with Crippen molar-refractivity contribution < 1.29 is 14.3 Å². The SMILES string of the molecule is CC1=CC(C(=O)Nc2cccc(C3(C)CC(=O)N(C)C(N)=N3)c2)C(C)O1. The first-order valence-corrected chi connectivity index (χ1v) is 8.58. The Kier molecular flexibility index (Phi) is 4.48. The van der Waals surface area contributed by atoms with E-state index < -0.39 is 5.54 Å². The molecule has 138 valence electrons. The molecule has 1 aromatic carbocycles. The van der Waals surface area contributed by atoms with Crippen LogP contribution < -0.4 is 11.1 Å². The van der Waals surface area contributed by atoms with Crippen molar-refractivity contribution in [3.63, 3.8) is 0 Å². The number of guanidine groups is 1. The number of rotatable bonds is 3. The van der Waals surface area contributed by atoms with Crippen LogP contribution in [0.25, 0.3) is 0 Å². The molecule has 2 amide bonds. The van der Waals surface area contributed by atoms with Gasteiger partial charge in [-0.1, -0.05) is 12.1 Å². The van der Waals surface area contributed by atoms with E-state index in [9.17, 15) is 9.59 Å². The van der Waals surface area contributed by atoms with Crippen molar-refractivity contribution in [3.05, 3.63) is 41.7 Å². The van der Waals surface area contributed by atoms with Crippen LogP contribution >= 0.6 is 0 Å². The molecule has 0 aromatic heterocycles. The number of hydrogen-bond acceptors (Lipinski definition) is 5. The van der Waals surface area contributed by atoms with Crippen molar-refractivity contribution in [2.75, 3.05) is 12.4 Å². The summed E-state index contributed by atoms with van der Waals surface area (Å²) in [6.45, 7) is 5.58. The van der Waals surface area contributed by atoms with Gasteiger partial charge in [-0.2, -0.15) is 0 Å². The first-order valence-electron chi connectivity index (χ1n) is 8.58. The van der Waals surface area contributed by atoms with Gasteiger partial charge in [0.15, 0.2) is 5.96 Å². The van der Waals surface area contributed by atoms with Gasteiger partial charge in [-0.3, -0.25) is 14.5 Å². The number of nitrogens with zero attached hydrogens (tertiary/aromatic N) is 2. The number of carbonyl (C=O) groups is 2. The van der Waals surface area contributed by atoms with Crippen LogP contribution in [-0.4, -0.2) is 35.8 Å². The highest BCUT2D eigenvalue weighted by Gasteiger charge is 2.36. The molecule has 2 aliphatic rings. The van der Waals surface area contributed by atoms with E-state index in [4.69, 9.17) is 10.5 Å². The summed E-state index contributed by atoms with van der Waals surface area (Å²) in [6.07, 6.45) is 1.86. The van der Waals surface area contributed by atoms with Crippen LogP contribution in [-0.2, 0) is 19.9 Å². The van der Waals surface area contributed by atoms with E-state index in [1.807, 2.05) is 51.1 Å². The lowest BCUT2D eigenvalue weighted by atomic mass is 9.87. The number of amides is 2. The molecular formula is C19H24N4O3. The highest BCUT2D eigenvalue weighted by atomic mass is 16.5. The standard InChI is InChI=1S/C19H24N4O3/c1-11-8-15(12(2)26-11)17(25)21-14-7-5-6-13(9-14)19(3)10-16(24)23(4)18(20)22-19/h5-9,12,15H,10H2,1-4H3,(H2,20,22)(H,21,25). The number of nitrogens with two attached hydrogens (primary N) is 1. The molecule has 7 heteroatoms. The lowest BCUT2D eigenvalue weighted by Gasteiger charge is -2.33. The topological polar surface area (TPSA) is 97.0 Å². The van der Waals surface area contributed by atoms with Crippen molar-refractivity contribution in [2.45, 2.75) is 38.8 Å². The number of carbonyl (C=O) groups excluding carboxylic acids is 2. The zero-order valence-electron chi connectivity index (χ0n) is 15.4. The van der Waals surface area contributed by atoms with Crippen LogP contribution in [0.3, 0.4) is 0 Å². The molecule has 3 N–H and O–H groups in total. The minimum Gasteiger partial charge on any atom is -0.495 e. The Hall–Kier alpha value is -2.83. The van der Waals surface area contributed by atoms with Gasteiger partial charge >= 0.3 is 0 Å². The van der Waals surface area contributed by atoms with Crippen molar-refractivity contribution in [3.8, 4) is 0 Å². The highest BCUT2D eigenvalue weighted by Crippen LogP contribution is 2.34. The first kappa shape index (κ1) is 18.0. The number of benzene rings is 1. The number of anilines is 1. The molecule has 0 radical (unpaired) electrons. The molecule has 1 aromatic rings. The van der Waals surface area contributed by atoms with Crippen molar-refractivity contribution in [2.24, 2.45) is 16.6 Å². The Bertz CT molecular complexity index is 817. The third-order valence-electron chi connectivity index (χ3n) is 4.92. The molecule has 3 unspecified atom stereocenters. The number of nitrogens with one attached hydrogen (secondary N) is 1. The molecule has 2 heterocycles. The predicted molar refractivity (Wildman–Crippen MR) is 99.2 cm³/mol. The van der Waals surface area contributed by atoms with Crippen LogP contribution in [0.2, 0.25) is 0 Å². The zero-order valence-corrected chi connectivity index (χ0v) is 15.4. The molecule has 2 aliphatic heterocycles. The van der Waals surface area contributed by atoms with E-state index in [1.165, 1.54) is 4.90 Å². The Morgan fingerprint density at radius 2 is 2.19 bits per heavy atom. The van der Waals surface area contributed by atoms with Crippen molar-refractivity contribution in [1.82, 2.24) is 4.90 Å². The lowest BCUT2D eigenvalue weighted by molar-refractivity contribution is -0.128. The van der Waals surface area contributed by atoms with Crippen molar-refractivity contribution >= 4 is 23.5 Å². The van der Waals surface area contributed by atoms with Crippen LogP contribution in [0.4, 0.5) is 5.69 Å². The quantitative estimate of drug-likeness (QED) is 0.865. The summed E-state index contributed by atoms with van der Waals surface area (Å²) in [5.74, 6) is 0.406. The van der Waals surface area contributed by atoms with E-state index in [0.29, 0.717) is 5.69 Å². The molecule has 3 rings (SSSR count). The van der Waals surface area contributed by atoms with Gasteiger partial charge in [0.1, 0.15) is 6.10 Å². The molecular weight excluding hydrogens is 332 g/mol. The minimum atomic E-state index is -0.755. The summed E-state index contributed by atoms with van der Waals surface area (Å²) in [6, 6.07) is 7.37. The van der Waals surface area contributed by atoms with E-state index in [2.05, 4.69) is 10.3 Å². The fourth-order valence-electron chi connectivity index (χ4n) is 3.32. The van der Waals surface area contributed by atoms with E-state index >= 15 is 0 Å². The number of ether oxygens (including phenoxy) is 1. The van der Waals surface area contributed by atoms with Gasteiger partial charge in [0.25, 0.3) is 0 Å². The van der Waals surface area contributed by atoms with Gasteiger partial charge < -0.3 is 15.8 Å². The molecule has 0 bridgehead atoms.